The number of hydrogen-bond donors (Lipinski definition) is 4. The van der Waals surface area contributed by atoms with Crippen LogP contribution in [0.15, 0.2) is 30.3 Å². The minimum atomic E-state index is -0.825. The first-order valence-electron chi connectivity index (χ1n) is 12.6. The summed E-state index contributed by atoms with van der Waals surface area (Å²) in [5.41, 5.74) is 2.72. The Bertz CT molecular complexity index is 926. The molecule has 1 aromatic carbocycles. The van der Waals surface area contributed by atoms with Gasteiger partial charge in [-0.25, -0.2) is 14.6 Å². The van der Waals surface area contributed by atoms with E-state index in [1.165, 1.54) is 14.2 Å². The molecule has 3 atom stereocenters. The lowest BCUT2D eigenvalue weighted by Crippen LogP contribution is -2.57. The first kappa shape index (κ1) is 32.7. The Kier molecular flexibility index (Phi) is 12.5. The minimum absolute atomic E-state index is 0.292. The molecule has 0 radical (unpaired) electrons. The molecule has 0 heterocycles. The van der Waals surface area contributed by atoms with Crippen molar-refractivity contribution in [2.45, 2.75) is 72.5 Å². The number of amides is 4. The van der Waals surface area contributed by atoms with E-state index < -0.39 is 35.1 Å². The Morgan fingerprint density at radius 2 is 1.26 bits per heavy atom. The van der Waals surface area contributed by atoms with E-state index in [2.05, 4.69) is 26.1 Å². The third-order valence-electron chi connectivity index (χ3n) is 5.94. The Hall–Kier alpha value is -3.34. The van der Waals surface area contributed by atoms with Crippen LogP contribution in [0, 0.1) is 10.8 Å². The molecule has 0 saturated heterocycles. The van der Waals surface area contributed by atoms with E-state index in [9.17, 15) is 19.2 Å². The Balaban J connectivity index is 2.97. The van der Waals surface area contributed by atoms with Gasteiger partial charge in [0.1, 0.15) is 12.1 Å². The first-order valence-corrected chi connectivity index (χ1v) is 12.6. The molecule has 4 amide bonds. The van der Waals surface area contributed by atoms with Crippen molar-refractivity contribution in [3.63, 3.8) is 0 Å². The number of rotatable bonds is 11. The lowest BCUT2D eigenvalue weighted by atomic mass is 9.86. The molecule has 0 spiro atoms. The molecule has 0 aliphatic rings. The first-order chi connectivity index (χ1) is 17.6. The number of hydrogen-bond acceptors (Lipinski definition) is 7. The maximum Gasteiger partial charge on any atom is 0.407 e. The smallest absolute Gasteiger partial charge is 0.407 e. The molecule has 1 rings (SSSR count). The maximum atomic E-state index is 13.3. The normalized spacial score (nSPS) is 14.1. The molecule has 0 fully saturated rings. The van der Waals surface area contributed by atoms with Crippen LogP contribution >= 0.6 is 0 Å². The summed E-state index contributed by atoms with van der Waals surface area (Å²) in [6.45, 7) is 11.5. The molecule has 0 bridgehead atoms. The summed E-state index contributed by atoms with van der Waals surface area (Å²) in [5, 5.41) is 9.90. The van der Waals surface area contributed by atoms with Crippen molar-refractivity contribution >= 4 is 24.0 Å². The quantitative estimate of drug-likeness (QED) is 0.320. The van der Waals surface area contributed by atoms with Gasteiger partial charge in [-0.05, 0) is 29.2 Å². The van der Waals surface area contributed by atoms with Gasteiger partial charge in [-0.15, -0.1) is 0 Å². The van der Waals surface area contributed by atoms with Crippen LogP contribution in [0.4, 0.5) is 9.59 Å². The highest BCUT2D eigenvalue weighted by Crippen LogP contribution is 2.21. The predicted octanol–water partition coefficient (Wildman–Crippen LogP) is 2.61. The molecule has 0 saturated carbocycles. The second kappa shape index (κ2) is 14.6. The van der Waals surface area contributed by atoms with Gasteiger partial charge in [-0.3, -0.25) is 15.0 Å². The summed E-state index contributed by atoms with van der Waals surface area (Å²) >= 11 is 0. The predicted molar refractivity (Wildman–Crippen MR) is 145 cm³/mol. The van der Waals surface area contributed by atoms with E-state index in [1.807, 2.05) is 71.9 Å². The molecule has 1 aromatic rings. The van der Waals surface area contributed by atoms with E-state index >= 15 is 0 Å². The number of methoxy groups -OCH3 is 2. The number of nitrogens with zero attached hydrogens (tertiary/aromatic N) is 1. The minimum Gasteiger partial charge on any atom is -0.453 e. The van der Waals surface area contributed by atoms with Gasteiger partial charge in [0, 0.05) is 19.6 Å². The van der Waals surface area contributed by atoms with Crippen LogP contribution in [0.1, 0.15) is 53.5 Å². The summed E-state index contributed by atoms with van der Waals surface area (Å²) in [6, 6.07) is 7.80. The van der Waals surface area contributed by atoms with Crippen molar-refractivity contribution < 1.29 is 28.7 Å². The summed E-state index contributed by atoms with van der Waals surface area (Å²) in [7, 11) is 4.21. The van der Waals surface area contributed by atoms with Crippen LogP contribution < -0.4 is 21.4 Å². The highest BCUT2D eigenvalue weighted by atomic mass is 16.5. The van der Waals surface area contributed by atoms with Crippen LogP contribution in [-0.4, -0.2) is 74.9 Å². The zero-order chi connectivity index (χ0) is 29.1. The number of ether oxygens (including phenoxy) is 2. The van der Waals surface area contributed by atoms with E-state index in [0.717, 1.165) is 5.56 Å². The highest BCUT2D eigenvalue weighted by molar-refractivity contribution is 5.87. The number of carbonyl (C=O) groups excluding carboxylic acids is 4. The average Bonchev–Trinajstić information content (AvgIpc) is 2.82. The van der Waals surface area contributed by atoms with Gasteiger partial charge < -0.3 is 25.4 Å². The number of alkyl carbamates (subject to hydrolysis) is 2. The summed E-state index contributed by atoms with van der Waals surface area (Å²) in [4.78, 5) is 49.9. The van der Waals surface area contributed by atoms with Gasteiger partial charge in [-0.2, -0.15) is 0 Å². The van der Waals surface area contributed by atoms with Crippen LogP contribution in [0.25, 0.3) is 0 Å². The van der Waals surface area contributed by atoms with Crippen LogP contribution in [0.3, 0.4) is 0 Å². The number of hydrazine groups is 1. The largest absolute Gasteiger partial charge is 0.453 e. The summed E-state index contributed by atoms with van der Waals surface area (Å²) in [5.74, 6) is -0.713. The molecule has 0 aliphatic heterocycles. The zero-order valence-corrected chi connectivity index (χ0v) is 24.1. The Morgan fingerprint density at radius 3 is 1.71 bits per heavy atom. The molecular weight excluding hydrogens is 490 g/mol. The standard InChI is InChI=1S/C27H45N5O6/c1-26(2,3)20(29-24(35)37-8)22(33)28-19(17-18-13-11-10-12-14-18)15-16-32(7)31-23(34)21(27(4,5)6)30-25(36)38-9/h10-14,19-21H,15-17H2,1-9H3,(H,28,33)(H,29,35)(H,30,36)(H,31,34)/t19-,20+,21+/m0/s1. The molecule has 0 unspecified atom stereocenters. The van der Waals surface area contributed by atoms with Gasteiger partial charge in [0.15, 0.2) is 0 Å². The second-order valence-corrected chi connectivity index (χ2v) is 11.5. The second-order valence-electron chi connectivity index (χ2n) is 11.5. The molecule has 0 aromatic heterocycles. The maximum absolute atomic E-state index is 13.3. The fourth-order valence-electron chi connectivity index (χ4n) is 3.77. The van der Waals surface area contributed by atoms with Crippen molar-refractivity contribution in [1.82, 2.24) is 26.4 Å². The van der Waals surface area contributed by atoms with E-state index in [-0.39, 0.29) is 17.9 Å². The SMILES string of the molecule is COC(=O)N[C@H](C(=O)N[C@@H](CCN(C)NC(=O)[C@@H](NC(=O)OC)C(C)(C)C)Cc1ccccc1)C(C)(C)C. The van der Waals surface area contributed by atoms with Crippen LogP contribution in [0.5, 0.6) is 0 Å². The van der Waals surface area contributed by atoms with Crippen molar-refractivity contribution in [2.24, 2.45) is 10.8 Å². The molecule has 214 valence electrons. The van der Waals surface area contributed by atoms with Crippen LogP contribution in [-0.2, 0) is 25.5 Å². The third kappa shape index (κ3) is 11.4. The van der Waals surface area contributed by atoms with Gasteiger partial charge in [-0.1, -0.05) is 71.9 Å². The van der Waals surface area contributed by atoms with E-state index in [0.29, 0.717) is 19.4 Å². The number of carbonyl (C=O) groups is 4. The lowest BCUT2D eigenvalue weighted by molar-refractivity contribution is -0.130. The zero-order valence-electron chi connectivity index (χ0n) is 24.1. The fourth-order valence-corrected chi connectivity index (χ4v) is 3.77. The van der Waals surface area contributed by atoms with E-state index in [4.69, 9.17) is 4.74 Å². The number of nitrogens with one attached hydrogen (secondary N) is 4. The van der Waals surface area contributed by atoms with Gasteiger partial charge in [0.05, 0.1) is 14.2 Å². The lowest BCUT2D eigenvalue weighted by Gasteiger charge is -2.33. The van der Waals surface area contributed by atoms with Crippen molar-refractivity contribution in [2.75, 3.05) is 27.8 Å². The summed E-state index contributed by atoms with van der Waals surface area (Å²) < 4.78 is 9.37. The molecule has 11 heteroatoms. The molecule has 4 N–H and O–H groups in total. The van der Waals surface area contributed by atoms with Gasteiger partial charge in [0.25, 0.3) is 5.91 Å². The molecule has 11 nitrogen and oxygen atoms in total. The molecule has 38 heavy (non-hydrogen) atoms. The highest BCUT2D eigenvalue weighted by Gasteiger charge is 2.35. The van der Waals surface area contributed by atoms with Gasteiger partial charge in [0.2, 0.25) is 5.91 Å². The number of benzene rings is 1. The fraction of sp³-hybridized carbons (Fsp3) is 0.630. The topological polar surface area (TPSA) is 138 Å². The van der Waals surface area contributed by atoms with E-state index in [1.54, 1.807) is 12.1 Å². The van der Waals surface area contributed by atoms with Crippen molar-refractivity contribution in [3.05, 3.63) is 35.9 Å². The monoisotopic (exact) mass is 535 g/mol. The van der Waals surface area contributed by atoms with Crippen molar-refractivity contribution in [1.29, 1.82) is 0 Å². The average molecular weight is 536 g/mol. The molecular formula is C27H45N5O6. The van der Waals surface area contributed by atoms with Gasteiger partial charge >= 0.3 is 12.2 Å². The summed E-state index contributed by atoms with van der Waals surface area (Å²) in [6.07, 6.45) is -0.326. The van der Waals surface area contributed by atoms with Crippen molar-refractivity contribution in [3.8, 4) is 0 Å². The Labute approximate surface area is 226 Å². The Morgan fingerprint density at radius 1 is 0.789 bits per heavy atom. The van der Waals surface area contributed by atoms with Crippen LogP contribution in [0.2, 0.25) is 0 Å². The third-order valence-corrected chi connectivity index (χ3v) is 5.94. The molecule has 0 aliphatic carbocycles.